The summed E-state index contributed by atoms with van der Waals surface area (Å²) in [5.41, 5.74) is -0.0860. The molecule has 7 nitrogen and oxygen atoms in total. The van der Waals surface area contributed by atoms with Gasteiger partial charge in [-0.3, -0.25) is 4.84 Å². The molecule has 0 aromatic rings. The first kappa shape index (κ1) is 18.7. The molecule has 0 rings (SSSR count). The van der Waals surface area contributed by atoms with E-state index in [-0.39, 0.29) is 5.71 Å². The Morgan fingerprint density at radius 2 is 1.47 bits per heavy atom. The van der Waals surface area contributed by atoms with Crippen LogP contribution in [0.15, 0.2) is 5.16 Å². The van der Waals surface area contributed by atoms with Crippen LogP contribution in [-0.4, -0.2) is 45.0 Å². The van der Waals surface area contributed by atoms with Crippen molar-refractivity contribution < 1.29 is 29.4 Å². The average molecular weight is 331 g/mol. The van der Waals surface area contributed by atoms with Gasteiger partial charge in [-0.25, -0.2) is 9.59 Å². The zero-order valence-corrected chi connectivity index (χ0v) is 11.2. The summed E-state index contributed by atoms with van der Waals surface area (Å²) in [7, 11) is 1.12. The van der Waals surface area contributed by atoms with Gasteiger partial charge in [0.2, 0.25) is 0 Å². The van der Waals surface area contributed by atoms with Crippen LogP contribution in [0.2, 0.25) is 0 Å². The SMILES string of the molecule is COC(=O)ON=C(C(Cl)Cl)C(Cl)Cl.O=C(O)O. The summed E-state index contributed by atoms with van der Waals surface area (Å²) in [6.45, 7) is 0. The lowest BCUT2D eigenvalue weighted by molar-refractivity contribution is 0.0752. The van der Waals surface area contributed by atoms with Gasteiger partial charge in [0.1, 0.15) is 5.71 Å². The van der Waals surface area contributed by atoms with Crippen LogP contribution in [-0.2, 0) is 9.57 Å². The van der Waals surface area contributed by atoms with Gasteiger partial charge in [-0.1, -0.05) is 51.6 Å². The van der Waals surface area contributed by atoms with Gasteiger partial charge in [0.05, 0.1) is 7.11 Å². The molecule has 0 aliphatic heterocycles. The topological polar surface area (TPSA) is 105 Å². The monoisotopic (exact) mass is 329 g/mol. The molecule has 0 aromatic heterocycles. The van der Waals surface area contributed by atoms with Gasteiger partial charge >= 0.3 is 12.3 Å². The Bertz CT molecular complexity index is 268. The standard InChI is InChI=1S/C5H5Cl4NO3.CH2O3/c1-12-5(11)13-10-2(3(6)7)4(8)9;2-1(3)4/h3-4H,1H3;(H2,2,3,4). The number of carboxylic acid groups (broad SMARTS) is 2. The number of hydrogen-bond donors (Lipinski definition) is 2. The smallest absolute Gasteiger partial charge is 0.450 e. The van der Waals surface area contributed by atoms with Crippen molar-refractivity contribution in [2.45, 2.75) is 9.67 Å². The summed E-state index contributed by atoms with van der Waals surface area (Å²) < 4.78 is 4.12. The Morgan fingerprint density at radius 1 is 1.12 bits per heavy atom. The molecule has 0 saturated heterocycles. The predicted molar refractivity (Wildman–Crippen MR) is 62.6 cm³/mol. The lowest BCUT2D eigenvalue weighted by Crippen LogP contribution is -2.18. The van der Waals surface area contributed by atoms with Gasteiger partial charge in [0.15, 0.2) is 9.67 Å². The van der Waals surface area contributed by atoms with Crippen LogP contribution in [0.25, 0.3) is 0 Å². The van der Waals surface area contributed by atoms with E-state index in [0.29, 0.717) is 0 Å². The molecular formula is C6H7Cl4NO6. The van der Waals surface area contributed by atoms with E-state index < -0.39 is 22.0 Å². The number of nitrogens with zero attached hydrogens (tertiary/aromatic N) is 1. The highest BCUT2D eigenvalue weighted by atomic mass is 35.5. The van der Waals surface area contributed by atoms with Crippen LogP contribution in [0.4, 0.5) is 9.59 Å². The van der Waals surface area contributed by atoms with Crippen LogP contribution in [0.1, 0.15) is 0 Å². The largest absolute Gasteiger partial charge is 0.534 e. The van der Waals surface area contributed by atoms with E-state index in [4.69, 9.17) is 61.4 Å². The molecule has 2 N–H and O–H groups in total. The van der Waals surface area contributed by atoms with Gasteiger partial charge in [0, 0.05) is 0 Å². The van der Waals surface area contributed by atoms with Crippen LogP contribution in [0.3, 0.4) is 0 Å². The van der Waals surface area contributed by atoms with E-state index >= 15 is 0 Å². The number of carbonyl (C=O) groups is 2. The fourth-order valence-electron chi connectivity index (χ4n) is 0.302. The Kier molecular flexibility index (Phi) is 11.6. The molecule has 11 heteroatoms. The number of oxime groups is 1. The number of hydrogen-bond acceptors (Lipinski definition) is 5. The van der Waals surface area contributed by atoms with Crippen molar-refractivity contribution in [3.05, 3.63) is 0 Å². The predicted octanol–water partition coefficient (Wildman–Crippen LogP) is 2.96. The maximum absolute atomic E-state index is 10.4. The third kappa shape index (κ3) is 13.3. The van der Waals surface area contributed by atoms with Crippen molar-refractivity contribution in [1.29, 1.82) is 0 Å². The summed E-state index contributed by atoms with van der Waals surface area (Å²) in [6.07, 6.45) is -2.85. The maximum atomic E-state index is 10.4. The highest BCUT2D eigenvalue weighted by Crippen LogP contribution is 2.15. The number of methoxy groups -OCH3 is 1. The molecule has 0 aliphatic carbocycles. The number of carbonyl (C=O) groups excluding carboxylic acids is 1. The molecule has 0 radical (unpaired) electrons. The van der Waals surface area contributed by atoms with Crippen molar-refractivity contribution in [3.63, 3.8) is 0 Å². The molecule has 0 heterocycles. The van der Waals surface area contributed by atoms with Crippen molar-refractivity contribution in [2.24, 2.45) is 5.16 Å². The second kappa shape index (κ2) is 10.5. The minimum Gasteiger partial charge on any atom is -0.450 e. The van der Waals surface area contributed by atoms with E-state index in [0.717, 1.165) is 7.11 Å². The number of alkyl halides is 4. The zero-order valence-electron chi connectivity index (χ0n) is 8.14. The van der Waals surface area contributed by atoms with Crippen molar-refractivity contribution in [1.82, 2.24) is 0 Å². The second-order valence-electron chi connectivity index (χ2n) is 1.95. The van der Waals surface area contributed by atoms with Gasteiger partial charge < -0.3 is 14.9 Å². The molecule has 0 amide bonds. The van der Waals surface area contributed by atoms with Crippen LogP contribution < -0.4 is 0 Å². The maximum Gasteiger partial charge on any atom is 0.534 e. The second-order valence-corrected chi connectivity index (χ2v) is 4.14. The lowest BCUT2D eigenvalue weighted by Gasteiger charge is -2.05. The van der Waals surface area contributed by atoms with Crippen LogP contribution in [0.5, 0.6) is 0 Å². The van der Waals surface area contributed by atoms with E-state index in [2.05, 4.69) is 14.7 Å². The summed E-state index contributed by atoms with van der Waals surface area (Å²) in [4.78, 5) is 21.1. The summed E-state index contributed by atoms with van der Waals surface area (Å²) in [5.74, 6) is 0. The fraction of sp³-hybridized carbons (Fsp3) is 0.500. The number of halogens is 4. The minimum absolute atomic E-state index is 0.0860. The summed E-state index contributed by atoms with van der Waals surface area (Å²) in [5, 5.41) is 17.2. The third-order valence-corrected chi connectivity index (χ3v) is 1.73. The van der Waals surface area contributed by atoms with Gasteiger partial charge in [-0.15, -0.1) is 0 Å². The zero-order chi connectivity index (χ0) is 14.0. The fourth-order valence-corrected chi connectivity index (χ4v) is 1.22. The Hall–Kier alpha value is -0.630. The van der Waals surface area contributed by atoms with Gasteiger partial charge in [0.25, 0.3) is 0 Å². The summed E-state index contributed by atoms with van der Waals surface area (Å²) >= 11 is 21.6. The molecule has 100 valence electrons. The van der Waals surface area contributed by atoms with Crippen molar-refractivity contribution >= 4 is 64.4 Å². The molecular weight excluding hydrogens is 324 g/mol. The highest BCUT2D eigenvalue weighted by Gasteiger charge is 2.19. The average Bonchev–Trinajstić information content (AvgIpc) is 2.15. The lowest BCUT2D eigenvalue weighted by atomic mass is 10.5. The van der Waals surface area contributed by atoms with E-state index in [1.165, 1.54) is 0 Å². The molecule has 0 bridgehead atoms. The molecule has 0 aromatic carbocycles. The molecule has 17 heavy (non-hydrogen) atoms. The first-order chi connectivity index (χ1) is 7.72. The number of ether oxygens (including phenoxy) is 1. The Balaban J connectivity index is 0. The molecule has 0 saturated carbocycles. The quantitative estimate of drug-likeness (QED) is 0.271. The normalized spacial score (nSPS) is 9.12. The summed E-state index contributed by atoms with van der Waals surface area (Å²) in [6, 6.07) is 0. The molecule has 0 spiro atoms. The molecule has 0 fully saturated rings. The van der Waals surface area contributed by atoms with E-state index in [9.17, 15) is 4.79 Å². The first-order valence-electron chi connectivity index (χ1n) is 3.53. The van der Waals surface area contributed by atoms with E-state index in [1.807, 2.05) is 0 Å². The van der Waals surface area contributed by atoms with Crippen molar-refractivity contribution in [3.8, 4) is 0 Å². The van der Waals surface area contributed by atoms with Gasteiger partial charge in [-0.05, 0) is 0 Å². The minimum atomic E-state index is -1.83. The van der Waals surface area contributed by atoms with E-state index in [1.54, 1.807) is 0 Å². The molecule has 0 atom stereocenters. The Labute approximate surface area is 116 Å². The third-order valence-electron chi connectivity index (χ3n) is 0.839. The highest BCUT2D eigenvalue weighted by molar-refractivity contribution is 6.64. The number of rotatable bonds is 3. The Morgan fingerprint density at radius 3 is 1.71 bits per heavy atom. The molecule has 0 unspecified atom stereocenters. The van der Waals surface area contributed by atoms with Crippen LogP contribution in [0, 0.1) is 0 Å². The van der Waals surface area contributed by atoms with Gasteiger partial charge in [-0.2, -0.15) is 0 Å². The van der Waals surface area contributed by atoms with Crippen LogP contribution >= 0.6 is 46.4 Å². The first-order valence-corrected chi connectivity index (χ1v) is 5.27. The molecule has 0 aliphatic rings. The van der Waals surface area contributed by atoms with Crippen molar-refractivity contribution in [2.75, 3.05) is 7.11 Å².